The van der Waals surface area contributed by atoms with Gasteiger partial charge in [-0.1, -0.05) is 59.9 Å². The molecule has 3 heterocycles. The summed E-state index contributed by atoms with van der Waals surface area (Å²) in [5, 5.41) is 1.35. The lowest BCUT2D eigenvalue weighted by atomic mass is 9.95. The number of carbonyl (C=O) groups excluding carboxylic acids is 3. The number of hydrogen-bond donors (Lipinski definition) is 2. The molecular formula is C33H32N4O9S4. The quantitative estimate of drug-likeness (QED) is 0.217. The molecule has 0 spiro atoms. The van der Waals surface area contributed by atoms with Crippen molar-refractivity contribution in [3.05, 3.63) is 105 Å². The Bertz CT molecular complexity index is 2040. The van der Waals surface area contributed by atoms with E-state index in [2.05, 4.69) is 0 Å². The Labute approximate surface area is 298 Å². The van der Waals surface area contributed by atoms with Crippen LogP contribution >= 0.6 is 23.5 Å². The first-order chi connectivity index (χ1) is 23.6. The first-order valence-electron chi connectivity index (χ1n) is 15.3. The third-order valence-corrected chi connectivity index (χ3v) is 12.1. The number of thioether (sulfide) groups is 2. The highest BCUT2D eigenvalue weighted by Gasteiger charge is 2.42. The van der Waals surface area contributed by atoms with Crippen LogP contribution in [-0.4, -0.2) is 92.3 Å². The van der Waals surface area contributed by atoms with Crippen molar-refractivity contribution < 1.29 is 40.3 Å². The highest BCUT2D eigenvalue weighted by atomic mass is 32.2. The number of rotatable bonds is 8. The summed E-state index contributed by atoms with van der Waals surface area (Å²) in [7, 11) is -5.88. The number of amides is 4. The van der Waals surface area contributed by atoms with Crippen LogP contribution in [-0.2, 0) is 29.8 Å². The second-order valence-corrected chi connectivity index (χ2v) is 16.9. The van der Waals surface area contributed by atoms with Gasteiger partial charge in [-0.05, 0) is 66.0 Å². The lowest BCUT2D eigenvalue weighted by Crippen LogP contribution is -2.53. The predicted octanol–water partition coefficient (Wildman–Crippen LogP) is 4.66. The Morgan fingerprint density at radius 2 is 1.04 bits per heavy atom. The van der Waals surface area contributed by atoms with E-state index in [0.29, 0.717) is 39.6 Å². The highest BCUT2D eigenvalue weighted by molar-refractivity contribution is 8.04. The molecule has 0 aromatic heterocycles. The molecule has 0 bridgehead atoms. The molecule has 0 radical (unpaired) electrons. The minimum atomic E-state index is -4.25. The molecule has 6 rings (SSSR count). The molecule has 4 aliphatic rings. The van der Waals surface area contributed by atoms with Crippen molar-refractivity contribution in [2.45, 2.75) is 22.6 Å². The van der Waals surface area contributed by atoms with Crippen LogP contribution in [0.25, 0.3) is 0 Å². The number of carbonyl (C=O) groups is 3. The van der Waals surface area contributed by atoms with E-state index >= 15 is 0 Å². The van der Waals surface area contributed by atoms with Gasteiger partial charge in [-0.15, -0.1) is 0 Å². The summed E-state index contributed by atoms with van der Waals surface area (Å²) >= 11 is 2.82. The zero-order valence-electron chi connectivity index (χ0n) is 26.8. The Hall–Kier alpha value is -4.13. The van der Waals surface area contributed by atoms with E-state index in [1.165, 1.54) is 37.6 Å². The van der Waals surface area contributed by atoms with Gasteiger partial charge in [0.2, 0.25) is 0 Å². The number of barbiturate groups is 1. The van der Waals surface area contributed by atoms with Crippen LogP contribution in [0.3, 0.4) is 0 Å². The molecule has 1 saturated heterocycles. The summed E-state index contributed by atoms with van der Waals surface area (Å²) in [6, 6.07) is 14.1. The number of nitrogens with zero attached hydrogens (tertiary/aromatic N) is 4. The molecule has 13 nitrogen and oxygen atoms in total. The van der Waals surface area contributed by atoms with Crippen molar-refractivity contribution >= 4 is 73.0 Å². The second kappa shape index (κ2) is 13.9. The molecule has 2 aromatic rings. The van der Waals surface area contributed by atoms with Gasteiger partial charge >= 0.3 is 6.03 Å². The molecule has 1 saturated carbocycles. The Kier molecular flexibility index (Phi) is 9.91. The highest BCUT2D eigenvalue weighted by Crippen LogP contribution is 2.48. The number of fused-ring (bicyclic) bond motifs is 2. The average molecular weight is 757 g/mol. The summed E-state index contributed by atoms with van der Waals surface area (Å²) in [5.41, 5.74) is 3.04. The van der Waals surface area contributed by atoms with Crippen LogP contribution in [0.5, 0.6) is 0 Å². The predicted molar refractivity (Wildman–Crippen MR) is 192 cm³/mol. The number of para-hydroxylation sites is 2. The van der Waals surface area contributed by atoms with E-state index in [-0.39, 0.29) is 18.7 Å². The first-order valence-corrected chi connectivity index (χ1v) is 20.1. The van der Waals surface area contributed by atoms with Crippen molar-refractivity contribution in [3.63, 3.8) is 0 Å². The summed E-state index contributed by atoms with van der Waals surface area (Å²) in [4.78, 5) is 46.9. The maximum Gasteiger partial charge on any atom is 0.333 e. The van der Waals surface area contributed by atoms with Crippen molar-refractivity contribution in [1.82, 2.24) is 9.80 Å². The van der Waals surface area contributed by atoms with E-state index in [1.54, 1.807) is 34.1 Å². The number of benzene rings is 2. The molecule has 2 aromatic carbocycles. The average Bonchev–Trinajstić information content (AvgIpc) is 3.74. The lowest BCUT2D eigenvalue weighted by molar-refractivity contribution is -0.134. The molecule has 17 heteroatoms. The maximum atomic E-state index is 13.6. The van der Waals surface area contributed by atoms with Crippen LogP contribution < -0.4 is 9.80 Å². The number of anilines is 2. The molecule has 50 heavy (non-hydrogen) atoms. The van der Waals surface area contributed by atoms with Gasteiger partial charge in [0.1, 0.15) is 5.57 Å². The summed E-state index contributed by atoms with van der Waals surface area (Å²) in [5.74, 6) is -2.49. The summed E-state index contributed by atoms with van der Waals surface area (Å²) in [6.07, 6.45) is 7.98. The lowest BCUT2D eigenvalue weighted by Gasteiger charge is -2.30. The standard InChI is InChI=1S/C33H32N4O9S4/c1-34-31(38)30(32(39)35(2)33(34)40)29-21(13-15-27-36(17-19-49(41,42)43)23-7-3-5-9-25(23)47-27)11-12-22(29)14-16-28-37(18-20-50(44,45)46)24-8-4-6-10-26(24)48-28/h3-10,13-16H,11-12,17-20H2,1-2H3,(H,41,42,43)(H,44,45,46). The molecule has 2 N–H and O–H groups in total. The number of urea groups is 1. The van der Waals surface area contributed by atoms with Gasteiger partial charge in [0.05, 0.1) is 32.9 Å². The Morgan fingerprint density at radius 3 is 1.44 bits per heavy atom. The molecule has 2 fully saturated rings. The smallest absolute Gasteiger partial charge is 0.333 e. The summed E-state index contributed by atoms with van der Waals surface area (Å²) in [6.45, 7) is -0.0132. The molecule has 4 amide bonds. The minimum Gasteiger partial charge on any atom is -0.334 e. The topological polar surface area (TPSA) is 173 Å². The molecule has 1 aliphatic carbocycles. The Morgan fingerprint density at radius 1 is 0.640 bits per heavy atom. The van der Waals surface area contributed by atoms with Gasteiger partial charge in [-0.25, -0.2) is 4.79 Å². The second-order valence-electron chi connectivity index (χ2n) is 11.7. The van der Waals surface area contributed by atoms with E-state index < -0.39 is 49.6 Å². The van der Waals surface area contributed by atoms with E-state index in [4.69, 9.17) is 0 Å². The fourth-order valence-electron chi connectivity index (χ4n) is 5.99. The minimum absolute atomic E-state index is 0.00661. The van der Waals surface area contributed by atoms with Crippen molar-refractivity contribution in [3.8, 4) is 0 Å². The third kappa shape index (κ3) is 7.33. The van der Waals surface area contributed by atoms with Gasteiger partial charge in [0, 0.05) is 37.0 Å². The van der Waals surface area contributed by atoms with Gasteiger partial charge in [0.15, 0.2) is 0 Å². The van der Waals surface area contributed by atoms with E-state index in [0.717, 1.165) is 31.0 Å². The van der Waals surface area contributed by atoms with Gasteiger partial charge in [0.25, 0.3) is 32.1 Å². The van der Waals surface area contributed by atoms with Crippen LogP contribution in [0.4, 0.5) is 16.2 Å². The van der Waals surface area contributed by atoms with Gasteiger partial charge < -0.3 is 9.80 Å². The van der Waals surface area contributed by atoms with Crippen LogP contribution in [0.2, 0.25) is 0 Å². The number of hydrogen-bond acceptors (Lipinski definition) is 11. The van der Waals surface area contributed by atoms with E-state index in [1.807, 2.05) is 48.5 Å². The van der Waals surface area contributed by atoms with Crippen LogP contribution in [0.15, 0.2) is 115 Å². The van der Waals surface area contributed by atoms with Crippen LogP contribution in [0, 0.1) is 0 Å². The third-order valence-electron chi connectivity index (χ3n) is 8.44. The fraction of sp³-hybridized carbons (Fsp3) is 0.242. The van der Waals surface area contributed by atoms with Crippen molar-refractivity contribution in [2.24, 2.45) is 0 Å². The maximum absolute atomic E-state index is 13.6. The van der Waals surface area contributed by atoms with Gasteiger partial charge in [-0.2, -0.15) is 16.8 Å². The zero-order valence-corrected chi connectivity index (χ0v) is 30.1. The molecule has 0 atom stereocenters. The monoisotopic (exact) mass is 756 g/mol. The normalized spacial score (nSPS) is 21.6. The number of imide groups is 2. The zero-order chi connectivity index (χ0) is 36.0. The largest absolute Gasteiger partial charge is 0.334 e. The van der Waals surface area contributed by atoms with Gasteiger partial charge in [-0.3, -0.25) is 28.5 Å². The van der Waals surface area contributed by atoms with Crippen molar-refractivity contribution in [2.75, 3.05) is 48.5 Å². The Balaban J connectivity index is 1.43. The SMILES string of the molecule is CN1C(=O)C(=C2C(=CC=C3Sc4ccccc4N3CCS(=O)(=O)O)CCC2=CC=C2Sc3ccccc3N2CCS(=O)(=O)O)C(=O)N(C)C1=O. The molecular weight excluding hydrogens is 725 g/mol. The fourth-order valence-corrected chi connectivity index (χ4v) is 9.00. The first kappa shape index (κ1) is 35.7. The van der Waals surface area contributed by atoms with Crippen molar-refractivity contribution in [1.29, 1.82) is 0 Å². The molecule has 0 unspecified atom stereocenters. The number of allylic oxidation sites excluding steroid dienone is 7. The van der Waals surface area contributed by atoms with E-state index in [9.17, 15) is 40.3 Å². The van der Waals surface area contributed by atoms with Crippen LogP contribution in [0.1, 0.15) is 12.8 Å². The number of likely N-dealkylation sites (N-methyl/N-ethyl adjacent to an activating group) is 2. The molecule has 3 aliphatic heterocycles. The molecule has 262 valence electrons. The summed E-state index contributed by atoms with van der Waals surface area (Å²) < 4.78 is 65.4.